The van der Waals surface area contributed by atoms with E-state index in [-0.39, 0.29) is 0 Å². The van der Waals surface area contributed by atoms with Crippen LogP contribution in [-0.4, -0.2) is 17.3 Å². The van der Waals surface area contributed by atoms with E-state index in [1.54, 1.807) is 0 Å². The van der Waals surface area contributed by atoms with Crippen molar-refractivity contribution in [3.63, 3.8) is 0 Å². The fourth-order valence-corrected chi connectivity index (χ4v) is 2.67. The van der Waals surface area contributed by atoms with Crippen molar-refractivity contribution >= 4 is 39.6 Å². The van der Waals surface area contributed by atoms with Crippen LogP contribution in [0.15, 0.2) is 34.3 Å². The largest absolute Gasteiger partial charge is 0.294 e. The molecule has 1 saturated heterocycles. The summed E-state index contributed by atoms with van der Waals surface area (Å²) in [6.45, 7) is 0. The van der Waals surface area contributed by atoms with Crippen LogP contribution in [0.3, 0.4) is 0 Å². The van der Waals surface area contributed by atoms with Gasteiger partial charge in [-0.05, 0) is 23.8 Å². The second-order valence-electron chi connectivity index (χ2n) is 3.45. The minimum absolute atomic E-state index is 0.302. The quantitative estimate of drug-likeness (QED) is 0.733. The Kier molecular flexibility index (Phi) is 3.65. The van der Waals surface area contributed by atoms with Gasteiger partial charge in [-0.1, -0.05) is 28.1 Å². The summed E-state index contributed by atoms with van der Waals surface area (Å²) < 4.78 is 1.06. The van der Waals surface area contributed by atoms with Crippen LogP contribution < -0.4 is 0 Å². The summed E-state index contributed by atoms with van der Waals surface area (Å²) >= 11 is 5.22. The summed E-state index contributed by atoms with van der Waals surface area (Å²) in [5.41, 5.74) is 2.05. The minimum atomic E-state index is 0.302. The maximum Gasteiger partial charge on any atom is 0.160 e. The molecule has 0 unspecified atom stereocenters. The highest BCUT2D eigenvalue weighted by atomic mass is 79.9. The first-order valence-corrected chi connectivity index (χ1v) is 6.77. The molecule has 3 heteroatoms. The predicted molar refractivity (Wildman–Crippen MR) is 69.1 cm³/mol. The van der Waals surface area contributed by atoms with E-state index in [1.165, 1.54) is 0 Å². The summed E-state index contributed by atoms with van der Waals surface area (Å²) in [6.07, 6.45) is 2.69. The van der Waals surface area contributed by atoms with Gasteiger partial charge in [0.25, 0.3) is 0 Å². The standard InChI is InChI=1S/C12H11BrOS/c13-11-3-1-9(2-4-11)7-10-8-15-6-5-12(10)14/h1-4,7H,5-6,8H2/b10-7+. The number of thioether (sulfide) groups is 1. The molecule has 0 spiro atoms. The topological polar surface area (TPSA) is 17.1 Å². The van der Waals surface area contributed by atoms with E-state index < -0.39 is 0 Å². The molecule has 0 saturated carbocycles. The van der Waals surface area contributed by atoms with Crippen LogP contribution in [0.25, 0.3) is 6.08 Å². The monoisotopic (exact) mass is 282 g/mol. The van der Waals surface area contributed by atoms with Gasteiger partial charge in [-0.3, -0.25) is 4.79 Å². The molecule has 15 heavy (non-hydrogen) atoms. The van der Waals surface area contributed by atoms with Crippen molar-refractivity contribution in [1.82, 2.24) is 0 Å². The smallest absolute Gasteiger partial charge is 0.160 e. The number of hydrogen-bond donors (Lipinski definition) is 0. The van der Waals surface area contributed by atoms with Gasteiger partial charge in [0, 0.05) is 28.0 Å². The van der Waals surface area contributed by atoms with Gasteiger partial charge >= 0.3 is 0 Å². The zero-order valence-electron chi connectivity index (χ0n) is 8.20. The number of rotatable bonds is 1. The molecule has 1 heterocycles. The molecule has 0 atom stereocenters. The molecule has 1 nitrogen and oxygen atoms in total. The normalized spacial score (nSPS) is 19.5. The first-order valence-electron chi connectivity index (χ1n) is 4.83. The fraction of sp³-hybridized carbons (Fsp3) is 0.250. The van der Waals surface area contributed by atoms with Crippen molar-refractivity contribution in [2.75, 3.05) is 11.5 Å². The number of Topliss-reactive ketones (excluding diaryl/α,β-unsaturated/α-hetero) is 1. The highest BCUT2D eigenvalue weighted by Crippen LogP contribution is 2.21. The van der Waals surface area contributed by atoms with Crippen LogP contribution >= 0.6 is 27.7 Å². The van der Waals surface area contributed by atoms with Crippen LogP contribution in [0.5, 0.6) is 0 Å². The molecule has 0 aliphatic carbocycles. The average Bonchev–Trinajstić information content (AvgIpc) is 2.25. The number of ketones is 1. The van der Waals surface area contributed by atoms with Gasteiger partial charge < -0.3 is 0 Å². The molecule has 1 fully saturated rings. The second-order valence-corrected chi connectivity index (χ2v) is 5.47. The predicted octanol–water partition coefficient (Wildman–Crippen LogP) is 3.54. The molecule has 78 valence electrons. The molecular weight excluding hydrogens is 272 g/mol. The van der Waals surface area contributed by atoms with E-state index in [0.717, 1.165) is 27.1 Å². The Morgan fingerprint density at radius 3 is 2.67 bits per heavy atom. The molecule has 1 aromatic rings. The fourth-order valence-electron chi connectivity index (χ4n) is 1.47. The molecule has 1 aromatic carbocycles. The van der Waals surface area contributed by atoms with Gasteiger partial charge in [0.1, 0.15) is 0 Å². The van der Waals surface area contributed by atoms with Crippen molar-refractivity contribution in [2.45, 2.75) is 6.42 Å². The van der Waals surface area contributed by atoms with E-state index >= 15 is 0 Å². The minimum Gasteiger partial charge on any atom is -0.294 e. The lowest BCUT2D eigenvalue weighted by molar-refractivity contribution is -0.115. The highest BCUT2D eigenvalue weighted by Gasteiger charge is 2.14. The van der Waals surface area contributed by atoms with Crippen molar-refractivity contribution in [3.05, 3.63) is 39.9 Å². The number of halogens is 1. The third-order valence-corrected chi connectivity index (χ3v) is 3.84. The van der Waals surface area contributed by atoms with Crippen LogP contribution in [0.2, 0.25) is 0 Å². The van der Waals surface area contributed by atoms with Crippen LogP contribution in [0.4, 0.5) is 0 Å². The molecule has 0 N–H and O–H groups in total. The molecule has 1 aliphatic heterocycles. The average molecular weight is 283 g/mol. The summed E-state index contributed by atoms with van der Waals surface area (Å²) in [7, 11) is 0. The first-order chi connectivity index (χ1) is 7.25. The lowest BCUT2D eigenvalue weighted by Gasteiger charge is -2.12. The third kappa shape index (κ3) is 2.95. The molecular formula is C12H11BrOS. The highest BCUT2D eigenvalue weighted by molar-refractivity contribution is 9.10. The summed E-state index contributed by atoms with van der Waals surface area (Å²) in [4.78, 5) is 11.6. The Balaban J connectivity index is 2.21. The first kappa shape index (κ1) is 11.0. The van der Waals surface area contributed by atoms with Gasteiger partial charge in [-0.15, -0.1) is 0 Å². The van der Waals surface area contributed by atoms with Crippen LogP contribution in [0.1, 0.15) is 12.0 Å². The Morgan fingerprint density at radius 2 is 2.00 bits per heavy atom. The Morgan fingerprint density at radius 1 is 1.27 bits per heavy atom. The van der Waals surface area contributed by atoms with E-state index in [9.17, 15) is 4.79 Å². The van der Waals surface area contributed by atoms with Crippen LogP contribution in [0, 0.1) is 0 Å². The number of benzene rings is 1. The van der Waals surface area contributed by atoms with Gasteiger partial charge in [0.05, 0.1) is 0 Å². The molecule has 0 amide bonds. The van der Waals surface area contributed by atoms with E-state index in [2.05, 4.69) is 15.9 Å². The summed E-state index contributed by atoms with van der Waals surface area (Å²) in [5, 5.41) is 0. The van der Waals surface area contributed by atoms with Gasteiger partial charge in [0.15, 0.2) is 5.78 Å². The van der Waals surface area contributed by atoms with Crippen molar-refractivity contribution in [1.29, 1.82) is 0 Å². The molecule has 0 bridgehead atoms. The van der Waals surface area contributed by atoms with E-state index in [0.29, 0.717) is 12.2 Å². The van der Waals surface area contributed by atoms with E-state index in [4.69, 9.17) is 0 Å². The molecule has 0 aromatic heterocycles. The molecule has 1 aliphatic rings. The lowest BCUT2D eigenvalue weighted by atomic mass is 10.1. The van der Waals surface area contributed by atoms with Crippen molar-refractivity contribution in [2.24, 2.45) is 0 Å². The van der Waals surface area contributed by atoms with E-state index in [1.807, 2.05) is 42.1 Å². The lowest BCUT2D eigenvalue weighted by Crippen LogP contribution is -2.11. The number of hydrogen-bond acceptors (Lipinski definition) is 2. The van der Waals surface area contributed by atoms with Crippen molar-refractivity contribution in [3.8, 4) is 0 Å². The summed E-state index contributed by atoms with van der Waals surface area (Å²) in [6, 6.07) is 8.02. The zero-order chi connectivity index (χ0) is 10.7. The van der Waals surface area contributed by atoms with Crippen molar-refractivity contribution < 1.29 is 4.79 Å². The maximum absolute atomic E-state index is 11.6. The Labute approximate surface area is 102 Å². The third-order valence-electron chi connectivity index (χ3n) is 2.30. The SMILES string of the molecule is O=C1CCSC/C1=C\c1ccc(Br)cc1. The van der Waals surface area contributed by atoms with Gasteiger partial charge in [-0.25, -0.2) is 0 Å². The second kappa shape index (κ2) is 4.99. The molecule has 0 radical (unpaired) electrons. The van der Waals surface area contributed by atoms with Gasteiger partial charge in [0.2, 0.25) is 0 Å². The Hall–Kier alpha value is -0.540. The van der Waals surface area contributed by atoms with Crippen LogP contribution in [-0.2, 0) is 4.79 Å². The maximum atomic E-state index is 11.6. The zero-order valence-corrected chi connectivity index (χ0v) is 10.6. The number of carbonyl (C=O) groups excluding carboxylic acids is 1. The molecule has 2 rings (SSSR count). The van der Waals surface area contributed by atoms with Gasteiger partial charge in [-0.2, -0.15) is 11.8 Å². The Bertz CT molecular complexity index is 395. The summed E-state index contributed by atoms with van der Waals surface area (Å²) in [5.74, 6) is 2.13. The number of carbonyl (C=O) groups is 1.